The lowest BCUT2D eigenvalue weighted by Gasteiger charge is -2.27. The van der Waals surface area contributed by atoms with Gasteiger partial charge in [0.25, 0.3) is 0 Å². The van der Waals surface area contributed by atoms with Gasteiger partial charge < -0.3 is 9.30 Å². The summed E-state index contributed by atoms with van der Waals surface area (Å²) in [5.74, 6) is 0.823. The maximum Gasteiger partial charge on any atom is 0.165 e. The molecule has 2 nitrogen and oxygen atoms in total. The fraction of sp³-hybridized carbons (Fsp3) is 0.103. The summed E-state index contributed by atoms with van der Waals surface area (Å²) in [4.78, 5) is 1.08. The van der Waals surface area contributed by atoms with Crippen LogP contribution in [0.1, 0.15) is 33.6 Å². The second-order valence-corrected chi connectivity index (χ2v) is 13.7. The van der Waals surface area contributed by atoms with Gasteiger partial charge >= 0.3 is 0 Å². The van der Waals surface area contributed by atoms with Crippen LogP contribution in [0, 0.1) is 0 Å². The minimum absolute atomic E-state index is 0.132. The van der Waals surface area contributed by atoms with Crippen LogP contribution in [-0.4, -0.2) is 7.11 Å². The molecule has 1 aliphatic carbocycles. The third kappa shape index (κ3) is 3.30. The highest BCUT2D eigenvalue weighted by atomic mass is 32.7. The normalized spacial score (nSPS) is 21.4. The monoisotopic (exact) mass is 466 g/mol. The number of hydrogen-bond acceptors (Lipinski definition) is 3. The average molecular weight is 467 g/mol. The molecule has 0 fully saturated rings. The van der Waals surface area contributed by atoms with Crippen molar-refractivity contribution in [3.63, 3.8) is 0 Å². The van der Waals surface area contributed by atoms with Gasteiger partial charge in [-0.15, -0.1) is 0 Å². The lowest BCUT2D eigenvalue weighted by atomic mass is 10.1. The van der Waals surface area contributed by atoms with E-state index in [-0.39, 0.29) is 11.3 Å². The molecule has 4 heteroatoms. The van der Waals surface area contributed by atoms with Gasteiger partial charge in [-0.2, -0.15) is 0 Å². The van der Waals surface area contributed by atoms with Crippen molar-refractivity contribution in [3.8, 4) is 16.9 Å². The summed E-state index contributed by atoms with van der Waals surface area (Å²) >= 11 is 1.58. The topological polar surface area (TPSA) is 26.3 Å². The van der Waals surface area contributed by atoms with Crippen molar-refractivity contribution in [2.45, 2.75) is 11.3 Å². The zero-order valence-electron chi connectivity index (χ0n) is 18.2. The molecular formula is C29H23O2PS. The van der Waals surface area contributed by atoms with Crippen LogP contribution in [0.5, 0.6) is 5.75 Å². The Morgan fingerprint density at radius 2 is 1.30 bits per heavy atom. The molecule has 0 radical (unpaired) electrons. The number of rotatable bonds is 4. The first-order chi connectivity index (χ1) is 16.2. The van der Waals surface area contributed by atoms with Gasteiger partial charge in [-0.1, -0.05) is 108 Å². The van der Waals surface area contributed by atoms with E-state index in [9.17, 15) is 0 Å². The third-order valence-electron chi connectivity index (χ3n) is 6.61. The Labute approximate surface area is 198 Å². The Morgan fingerprint density at radius 3 is 1.91 bits per heavy atom. The van der Waals surface area contributed by atoms with Crippen molar-refractivity contribution in [2.24, 2.45) is 0 Å². The number of hydrogen-bond donors (Lipinski definition) is 0. The molecule has 1 heterocycles. The van der Waals surface area contributed by atoms with Gasteiger partial charge in [0.15, 0.2) is 6.34 Å². The molecule has 2 atom stereocenters. The molecule has 0 bridgehead atoms. The molecule has 0 N–H and O–H groups in total. The molecule has 2 aliphatic rings. The van der Waals surface area contributed by atoms with Crippen LogP contribution < -0.4 is 4.74 Å². The predicted molar refractivity (Wildman–Crippen MR) is 139 cm³/mol. The first-order valence-electron chi connectivity index (χ1n) is 11.1. The maximum absolute atomic E-state index is 15.3. The van der Waals surface area contributed by atoms with Crippen molar-refractivity contribution >= 4 is 22.6 Å². The van der Waals surface area contributed by atoms with Crippen LogP contribution >= 0.6 is 17.7 Å². The molecule has 6 rings (SSSR count). The van der Waals surface area contributed by atoms with E-state index in [1.807, 2.05) is 30.3 Å². The van der Waals surface area contributed by atoms with Crippen molar-refractivity contribution in [1.82, 2.24) is 0 Å². The number of fused-ring (bicyclic) bond motifs is 3. The van der Waals surface area contributed by atoms with Crippen molar-refractivity contribution in [3.05, 3.63) is 131 Å². The van der Waals surface area contributed by atoms with E-state index >= 15 is 4.57 Å². The highest BCUT2D eigenvalue weighted by Gasteiger charge is 2.50. The highest BCUT2D eigenvalue weighted by molar-refractivity contribution is 8.63. The van der Waals surface area contributed by atoms with Gasteiger partial charge in [0.05, 0.1) is 18.4 Å². The standard InChI is InChI=1S/C29H23O2PS/c1-31-22-17-15-21(16-18-22)28-19-27(20-9-3-2-4-10-20)32(30,33-28)29-25-13-7-5-11-23(25)24-12-6-8-14-26(24)29/h2-19,27,29H,1H3/t27-,32?/m0/s1. The molecule has 1 unspecified atom stereocenters. The Morgan fingerprint density at radius 1 is 0.727 bits per heavy atom. The summed E-state index contributed by atoms with van der Waals surface area (Å²) in [6.45, 7) is 0. The number of benzene rings is 4. The SMILES string of the molecule is COc1ccc(C2=C[C@@H](c3ccccc3)P(=O)(C3c4ccccc4-c4ccccc43)S2)cc1. The van der Waals surface area contributed by atoms with Crippen LogP contribution in [0.25, 0.3) is 16.0 Å². The number of ether oxygens (including phenoxy) is 1. The van der Waals surface area contributed by atoms with Gasteiger partial charge in [0.2, 0.25) is 0 Å². The fourth-order valence-electron chi connectivity index (χ4n) is 5.08. The first kappa shape index (κ1) is 20.6. The summed E-state index contributed by atoms with van der Waals surface area (Å²) in [6.07, 6.45) is -0.634. The summed E-state index contributed by atoms with van der Waals surface area (Å²) in [5.41, 5.74) is 6.69. The zero-order valence-corrected chi connectivity index (χ0v) is 19.9. The second kappa shape index (κ2) is 8.09. The summed E-state index contributed by atoms with van der Waals surface area (Å²) in [7, 11) is 1.67. The molecule has 33 heavy (non-hydrogen) atoms. The summed E-state index contributed by atoms with van der Waals surface area (Å²) < 4.78 is 20.6. The molecule has 0 amide bonds. The molecule has 0 saturated heterocycles. The highest BCUT2D eigenvalue weighted by Crippen LogP contribution is 2.86. The first-order valence-corrected chi connectivity index (χ1v) is 14.3. The fourth-order valence-corrected chi connectivity index (χ4v) is 11.9. The Bertz CT molecular complexity index is 1360. The van der Waals surface area contributed by atoms with Gasteiger partial charge in [-0.3, -0.25) is 0 Å². The number of allylic oxidation sites excluding steroid dienone is 1. The minimum atomic E-state index is -2.86. The average Bonchev–Trinajstić information content (AvgIpc) is 3.41. The van der Waals surface area contributed by atoms with E-state index < -0.39 is 6.34 Å². The summed E-state index contributed by atoms with van der Waals surface area (Å²) in [5, 5.41) is 0. The maximum atomic E-state index is 15.3. The van der Waals surface area contributed by atoms with Crippen molar-refractivity contribution in [2.75, 3.05) is 7.11 Å². The van der Waals surface area contributed by atoms with Gasteiger partial charge in [-0.25, -0.2) is 0 Å². The van der Waals surface area contributed by atoms with E-state index in [0.29, 0.717) is 0 Å². The van der Waals surface area contributed by atoms with Crippen LogP contribution in [0.3, 0.4) is 0 Å². The lowest BCUT2D eigenvalue weighted by molar-refractivity contribution is 0.415. The van der Waals surface area contributed by atoms with Crippen LogP contribution in [0.4, 0.5) is 0 Å². The Hall–Kier alpha value is -3.00. The Balaban J connectivity index is 1.52. The molecule has 4 aromatic carbocycles. The smallest absolute Gasteiger partial charge is 0.165 e. The van der Waals surface area contributed by atoms with Crippen molar-refractivity contribution in [1.29, 1.82) is 0 Å². The van der Waals surface area contributed by atoms with E-state index in [2.05, 4.69) is 78.9 Å². The predicted octanol–water partition coefficient (Wildman–Crippen LogP) is 8.57. The summed E-state index contributed by atoms with van der Waals surface area (Å²) in [6, 6.07) is 35.3. The molecule has 0 aromatic heterocycles. The molecule has 1 aliphatic heterocycles. The van der Waals surface area contributed by atoms with Gasteiger partial charge in [-0.05, 0) is 45.5 Å². The Kier molecular flexibility index (Phi) is 5.05. The van der Waals surface area contributed by atoms with E-state index in [4.69, 9.17) is 4.74 Å². The molecule has 0 saturated carbocycles. The quantitative estimate of drug-likeness (QED) is 0.282. The zero-order chi connectivity index (χ0) is 22.4. The molecule has 0 spiro atoms. The number of methoxy groups -OCH3 is 1. The van der Waals surface area contributed by atoms with E-state index in [1.54, 1.807) is 18.5 Å². The van der Waals surface area contributed by atoms with Gasteiger partial charge in [0.1, 0.15) is 5.75 Å². The van der Waals surface area contributed by atoms with E-state index in [0.717, 1.165) is 21.8 Å². The van der Waals surface area contributed by atoms with Gasteiger partial charge in [0, 0.05) is 4.91 Å². The van der Waals surface area contributed by atoms with Crippen LogP contribution in [-0.2, 0) is 4.57 Å². The molecule has 4 aromatic rings. The largest absolute Gasteiger partial charge is 0.497 e. The van der Waals surface area contributed by atoms with E-state index in [1.165, 1.54) is 22.3 Å². The second-order valence-electron chi connectivity index (χ2n) is 8.43. The third-order valence-corrected chi connectivity index (χ3v) is 12.7. The van der Waals surface area contributed by atoms with Crippen LogP contribution in [0.2, 0.25) is 0 Å². The van der Waals surface area contributed by atoms with Crippen LogP contribution in [0.15, 0.2) is 109 Å². The lowest BCUT2D eigenvalue weighted by Crippen LogP contribution is -2.02. The minimum Gasteiger partial charge on any atom is -0.497 e. The van der Waals surface area contributed by atoms with Crippen molar-refractivity contribution < 1.29 is 9.30 Å². The molecule has 162 valence electrons. The molecular weight excluding hydrogens is 443 g/mol.